The van der Waals surface area contributed by atoms with E-state index >= 15 is 0 Å². The maximum absolute atomic E-state index is 12.8. The van der Waals surface area contributed by atoms with Crippen molar-refractivity contribution in [3.63, 3.8) is 0 Å². The van der Waals surface area contributed by atoms with Gasteiger partial charge in [0.1, 0.15) is 22.2 Å². The monoisotopic (exact) mass is 534 g/mol. The molecule has 0 saturated carbocycles. The number of nitriles is 2. The molecule has 7 heteroatoms. The standard InChI is InChI=1S/C31H26N4OS2/c1-20-7-9-22(10-8-20)27-14-12-24(18-32)30(34-27)37-16-15-29(36)35-31-26(19-33)25-13-11-23(17-28(25)38-31)21-5-3-2-4-6-21/h2-10,12,14,23H,11,13,15-17H2,1H3,(H,35,36). The van der Waals surface area contributed by atoms with E-state index in [1.54, 1.807) is 6.07 Å². The summed E-state index contributed by atoms with van der Waals surface area (Å²) in [5, 5.41) is 23.6. The largest absolute Gasteiger partial charge is 0.317 e. The normalized spacial score (nSPS) is 14.2. The molecule has 1 unspecified atom stereocenters. The predicted octanol–water partition coefficient (Wildman–Crippen LogP) is 7.26. The zero-order valence-corrected chi connectivity index (χ0v) is 22.7. The number of nitrogens with zero attached hydrogens (tertiary/aromatic N) is 3. The first kappa shape index (κ1) is 25.7. The van der Waals surface area contributed by atoms with Crippen LogP contribution in [0.15, 0.2) is 71.8 Å². The molecule has 1 amide bonds. The van der Waals surface area contributed by atoms with Gasteiger partial charge in [-0.25, -0.2) is 4.98 Å². The van der Waals surface area contributed by atoms with Crippen molar-refractivity contribution in [1.82, 2.24) is 4.98 Å². The van der Waals surface area contributed by atoms with Crippen LogP contribution in [-0.4, -0.2) is 16.6 Å². The predicted molar refractivity (Wildman–Crippen MR) is 153 cm³/mol. The maximum atomic E-state index is 12.8. The molecule has 1 atom stereocenters. The van der Waals surface area contributed by atoms with Crippen LogP contribution in [0.5, 0.6) is 0 Å². The molecule has 0 saturated heterocycles. The number of nitrogens with one attached hydrogen (secondary N) is 1. The van der Waals surface area contributed by atoms with E-state index in [0.717, 1.165) is 36.1 Å². The zero-order chi connectivity index (χ0) is 26.5. The molecule has 0 radical (unpaired) electrons. The van der Waals surface area contributed by atoms with Crippen LogP contribution in [0.1, 0.15) is 51.5 Å². The Labute approximate surface area is 231 Å². The highest BCUT2D eigenvalue weighted by Gasteiger charge is 2.27. The van der Waals surface area contributed by atoms with Crippen LogP contribution in [0.25, 0.3) is 11.3 Å². The summed E-state index contributed by atoms with van der Waals surface area (Å²) in [7, 11) is 0. The number of amides is 1. The van der Waals surface area contributed by atoms with E-state index in [4.69, 9.17) is 4.98 Å². The molecule has 5 rings (SSSR count). The fourth-order valence-electron chi connectivity index (χ4n) is 4.75. The Morgan fingerprint density at radius 2 is 1.87 bits per heavy atom. The van der Waals surface area contributed by atoms with Crippen molar-refractivity contribution < 1.29 is 4.79 Å². The number of hydrogen-bond donors (Lipinski definition) is 1. The van der Waals surface area contributed by atoms with E-state index in [1.165, 1.54) is 39.1 Å². The molecule has 0 fully saturated rings. The number of pyridine rings is 1. The maximum Gasteiger partial charge on any atom is 0.225 e. The third kappa shape index (κ3) is 5.65. The zero-order valence-electron chi connectivity index (χ0n) is 21.0. The smallest absolute Gasteiger partial charge is 0.225 e. The van der Waals surface area contributed by atoms with Gasteiger partial charge in [-0.1, -0.05) is 60.2 Å². The third-order valence-electron chi connectivity index (χ3n) is 6.80. The second-order valence-corrected chi connectivity index (χ2v) is 11.5. The second kappa shape index (κ2) is 11.6. The number of benzene rings is 2. The number of aromatic nitrogens is 1. The minimum Gasteiger partial charge on any atom is -0.317 e. The van der Waals surface area contributed by atoms with Crippen LogP contribution in [0.2, 0.25) is 0 Å². The molecule has 188 valence electrons. The minimum absolute atomic E-state index is 0.139. The van der Waals surface area contributed by atoms with Crippen LogP contribution >= 0.6 is 23.1 Å². The number of thioether (sulfide) groups is 1. The van der Waals surface area contributed by atoms with Crippen LogP contribution in [0, 0.1) is 29.6 Å². The lowest BCUT2D eigenvalue weighted by Crippen LogP contribution is -2.13. The second-order valence-electron chi connectivity index (χ2n) is 9.34. The first-order valence-electron chi connectivity index (χ1n) is 12.6. The van der Waals surface area contributed by atoms with Gasteiger partial charge in [0.15, 0.2) is 0 Å². The van der Waals surface area contributed by atoms with E-state index < -0.39 is 0 Å². The van der Waals surface area contributed by atoms with Gasteiger partial charge in [-0.05, 0) is 55.4 Å². The van der Waals surface area contributed by atoms with Crippen molar-refractivity contribution in [3.8, 4) is 23.4 Å². The Balaban J connectivity index is 1.23. The summed E-state index contributed by atoms with van der Waals surface area (Å²) in [6.07, 6.45) is 3.00. The van der Waals surface area contributed by atoms with E-state index in [0.29, 0.717) is 32.8 Å². The van der Waals surface area contributed by atoms with E-state index in [9.17, 15) is 15.3 Å². The molecule has 0 bridgehead atoms. The molecule has 2 aromatic carbocycles. The van der Waals surface area contributed by atoms with Gasteiger partial charge in [0.25, 0.3) is 0 Å². The SMILES string of the molecule is Cc1ccc(-c2ccc(C#N)c(SCCC(=O)Nc3sc4c(c3C#N)CCC(c3ccccc3)C4)n2)cc1. The van der Waals surface area contributed by atoms with Crippen LogP contribution in [-0.2, 0) is 17.6 Å². The van der Waals surface area contributed by atoms with Crippen molar-refractivity contribution in [3.05, 3.63) is 99.4 Å². The average Bonchev–Trinajstić information content (AvgIpc) is 3.29. The number of aryl methyl sites for hydroxylation is 1. The molecule has 5 nitrogen and oxygen atoms in total. The van der Waals surface area contributed by atoms with Gasteiger partial charge >= 0.3 is 0 Å². The number of hydrogen-bond acceptors (Lipinski definition) is 6. The third-order valence-corrected chi connectivity index (χ3v) is 8.96. The first-order chi connectivity index (χ1) is 18.6. The molecule has 1 N–H and O–H groups in total. The van der Waals surface area contributed by atoms with Gasteiger partial charge in [-0.2, -0.15) is 10.5 Å². The lowest BCUT2D eigenvalue weighted by atomic mass is 9.83. The summed E-state index contributed by atoms with van der Waals surface area (Å²) in [6, 6.07) is 26.8. The minimum atomic E-state index is -0.139. The Bertz CT molecular complexity index is 1550. The van der Waals surface area contributed by atoms with Crippen molar-refractivity contribution in [1.29, 1.82) is 10.5 Å². The Morgan fingerprint density at radius 1 is 1.08 bits per heavy atom. The summed E-state index contributed by atoms with van der Waals surface area (Å²) in [4.78, 5) is 18.7. The fraction of sp³-hybridized carbons (Fsp3) is 0.226. The summed E-state index contributed by atoms with van der Waals surface area (Å²) in [5.74, 6) is 0.778. The number of carbonyl (C=O) groups excluding carboxylic acids is 1. The van der Waals surface area contributed by atoms with Gasteiger partial charge < -0.3 is 5.32 Å². The number of thiophene rings is 1. The lowest BCUT2D eigenvalue weighted by Gasteiger charge is -2.22. The number of anilines is 1. The Kier molecular flexibility index (Phi) is 7.89. The van der Waals surface area contributed by atoms with Crippen LogP contribution in [0.3, 0.4) is 0 Å². The lowest BCUT2D eigenvalue weighted by molar-refractivity contribution is -0.115. The Hall–Kier alpha value is -3.91. The molecular formula is C31H26N4OS2. The number of rotatable bonds is 7. The molecule has 4 aromatic rings. The van der Waals surface area contributed by atoms with E-state index in [2.05, 4.69) is 41.7 Å². The topological polar surface area (TPSA) is 89.6 Å². The van der Waals surface area contributed by atoms with Gasteiger partial charge in [0.2, 0.25) is 5.91 Å². The highest BCUT2D eigenvalue weighted by molar-refractivity contribution is 7.99. The highest BCUT2D eigenvalue weighted by Crippen LogP contribution is 2.42. The summed E-state index contributed by atoms with van der Waals surface area (Å²) in [6.45, 7) is 2.04. The number of fused-ring (bicyclic) bond motifs is 1. The van der Waals surface area contributed by atoms with Crippen LogP contribution < -0.4 is 5.32 Å². The molecule has 1 aliphatic rings. The summed E-state index contributed by atoms with van der Waals surface area (Å²) >= 11 is 2.93. The molecular weight excluding hydrogens is 509 g/mol. The van der Waals surface area contributed by atoms with Crippen molar-refractivity contribution in [2.75, 3.05) is 11.1 Å². The van der Waals surface area contributed by atoms with Gasteiger partial charge in [0, 0.05) is 22.6 Å². The van der Waals surface area contributed by atoms with Crippen molar-refractivity contribution >= 4 is 34.0 Å². The fourth-order valence-corrected chi connectivity index (χ4v) is 6.96. The molecule has 2 aromatic heterocycles. The van der Waals surface area contributed by atoms with Gasteiger partial charge in [-0.15, -0.1) is 23.1 Å². The molecule has 0 aliphatic heterocycles. The number of carbonyl (C=O) groups is 1. The first-order valence-corrected chi connectivity index (χ1v) is 14.4. The summed E-state index contributed by atoms with van der Waals surface area (Å²) < 4.78 is 0. The van der Waals surface area contributed by atoms with Crippen molar-refractivity contribution in [2.45, 2.75) is 43.6 Å². The molecule has 2 heterocycles. The van der Waals surface area contributed by atoms with Crippen LogP contribution in [0.4, 0.5) is 5.00 Å². The van der Waals surface area contributed by atoms with Crippen molar-refractivity contribution in [2.24, 2.45) is 0 Å². The van der Waals surface area contributed by atoms with E-state index in [-0.39, 0.29) is 12.3 Å². The Morgan fingerprint density at radius 3 is 2.61 bits per heavy atom. The average molecular weight is 535 g/mol. The van der Waals surface area contributed by atoms with E-state index in [1.807, 2.05) is 43.3 Å². The molecule has 1 aliphatic carbocycles. The van der Waals surface area contributed by atoms with Gasteiger partial charge in [-0.3, -0.25) is 4.79 Å². The van der Waals surface area contributed by atoms with Gasteiger partial charge in [0.05, 0.1) is 16.8 Å². The quantitative estimate of drug-likeness (QED) is 0.252. The molecule has 38 heavy (non-hydrogen) atoms. The highest BCUT2D eigenvalue weighted by atomic mass is 32.2. The summed E-state index contributed by atoms with van der Waals surface area (Å²) in [5.41, 5.74) is 6.47. The molecule has 0 spiro atoms.